The summed E-state index contributed by atoms with van der Waals surface area (Å²) in [4.78, 5) is 0. The Morgan fingerprint density at radius 2 is 1.90 bits per heavy atom. The van der Waals surface area contributed by atoms with Crippen LogP contribution in [-0.4, -0.2) is 6.54 Å². The summed E-state index contributed by atoms with van der Waals surface area (Å²) in [5, 5.41) is 3.40. The van der Waals surface area contributed by atoms with E-state index in [0.717, 1.165) is 30.4 Å². The van der Waals surface area contributed by atoms with Crippen LogP contribution < -0.4 is 5.32 Å². The summed E-state index contributed by atoms with van der Waals surface area (Å²) >= 11 is 0. The zero-order valence-electron chi connectivity index (χ0n) is 11.7. The van der Waals surface area contributed by atoms with Crippen LogP contribution in [0.3, 0.4) is 0 Å². The molecule has 0 aliphatic carbocycles. The molecular weight excluding hydrogens is 260 g/mol. The molecule has 1 aromatic carbocycles. The standard InChI is InChI=1S/C16H19F2NO/c1-3-5-19-16(15-4-6-20-11(15)2)9-12-7-13(17)10-14(18)8-12/h4,6-8,10,16,19H,3,5,9H2,1-2H3. The number of benzene rings is 1. The molecule has 1 aromatic heterocycles. The maximum Gasteiger partial charge on any atom is 0.126 e. The van der Waals surface area contributed by atoms with Crippen LogP contribution in [0.1, 0.15) is 36.3 Å². The fourth-order valence-corrected chi connectivity index (χ4v) is 2.33. The van der Waals surface area contributed by atoms with Gasteiger partial charge in [-0.15, -0.1) is 0 Å². The zero-order valence-corrected chi connectivity index (χ0v) is 11.7. The average Bonchev–Trinajstić information content (AvgIpc) is 2.79. The predicted molar refractivity (Wildman–Crippen MR) is 74.5 cm³/mol. The lowest BCUT2D eigenvalue weighted by molar-refractivity contribution is 0.492. The van der Waals surface area contributed by atoms with Gasteiger partial charge in [0.05, 0.1) is 6.26 Å². The minimum atomic E-state index is -0.543. The topological polar surface area (TPSA) is 25.2 Å². The van der Waals surface area contributed by atoms with E-state index in [1.54, 1.807) is 6.26 Å². The Morgan fingerprint density at radius 1 is 1.20 bits per heavy atom. The van der Waals surface area contributed by atoms with Crippen molar-refractivity contribution >= 4 is 0 Å². The molecule has 2 rings (SSSR count). The highest BCUT2D eigenvalue weighted by Gasteiger charge is 2.16. The van der Waals surface area contributed by atoms with E-state index in [1.807, 2.05) is 13.0 Å². The number of furan rings is 1. The van der Waals surface area contributed by atoms with Gasteiger partial charge in [0, 0.05) is 17.7 Å². The highest BCUT2D eigenvalue weighted by Crippen LogP contribution is 2.23. The van der Waals surface area contributed by atoms with Gasteiger partial charge in [0.25, 0.3) is 0 Å². The van der Waals surface area contributed by atoms with Crippen molar-refractivity contribution < 1.29 is 13.2 Å². The van der Waals surface area contributed by atoms with E-state index in [0.29, 0.717) is 12.0 Å². The van der Waals surface area contributed by atoms with Crippen molar-refractivity contribution in [2.45, 2.75) is 32.7 Å². The van der Waals surface area contributed by atoms with Gasteiger partial charge in [-0.05, 0) is 50.1 Å². The molecule has 108 valence electrons. The number of halogens is 2. The molecule has 2 aromatic rings. The Kier molecular flexibility index (Phi) is 4.90. The number of rotatable bonds is 6. The Morgan fingerprint density at radius 3 is 2.45 bits per heavy atom. The van der Waals surface area contributed by atoms with E-state index >= 15 is 0 Å². The van der Waals surface area contributed by atoms with Crippen LogP contribution in [0, 0.1) is 18.6 Å². The van der Waals surface area contributed by atoms with E-state index in [4.69, 9.17) is 4.42 Å². The average molecular weight is 279 g/mol. The molecule has 0 aliphatic heterocycles. The third-order valence-corrected chi connectivity index (χ3v) is 3.28. The normalized spacial score (nSPS) is 12.6. The number of hydrogen-bond acceptors (Lipinski definition) is 2. The summed E-state index contributed by atoms with van der Waals surface area (Å²) in [5.41, 5.74) is 1.67. The van der Waals surface area contributed by atoms with Gasteiger partial charge in [0.1, 0.15) is 17.4 Å². The quantitative estimate of drug-likeness (QED) is 0.859. The highest BCUT2D eigenvalue weighted by atomic mass is 19.1. The molecule has 0 radical (unpaired) electrons. The van der Waals surface area contributed by atoms with Crippen molar-refractivity contribution in [1.29, 1.82) is 0 Å². The van der Waals surface area contributed by atoms with Crippen molar-refractivity contribution in [3.05, 3.63) is 59.1 Å². The summed E-state index contributed by atoms with van der Waals surface area (Å²) in [6.07, 6.45) is 3.15. The molecule has 20 heavy (non-hydrogen) atoms. The second-order valence-electron chi connectivity index (χ2n) is 4.92. The van der Waals surface area contributed by atoms with E-state index in [1.165, 1.54) is 12.1 Å². The molecule has 0 spiro atoms. The molecule has 0 saturated carbocycles. The first-order valence-electron chi connectivity index (χ1n) is 6.82. The molecule has 0 aliphatic rings. The maximum absolute atomic E-state index is 13.3. The van der Waals surface area contributed by atoms with Gasteiger partial charge in [0.2, 0.25) is 0 Å². The lowest BCUT2D eigenvalue weighted by Gasteiger charge is -2.18. The van der Waals surface area contributed by atoms with Gasteiger partial charge < -0.3 is 9.73 Å². The Hall–Kier alpha value is -1.68. The van der Waals surface area contributed by atoms with E-state index in [9.17, 15) is 8.78 Å². The minimum absolute atomic E-state index is 0.00472. The summed E-state index contributed by atoms with van der Waals surface area (Å²) in [5.74, 6) is -0.258. The van der Waals surface area contributed by atoms with Crippen molar-refractivity contribution in [1.82, 2.24) is 5.32 Å². The molecule has 2 nitrogen and oxygen atoms in total. The van der Waals surface area contributed by atoms with Gasteiger partial charge in [-0.3, -0.25) is 0 Å². The molecular formula is C16H19F2NO. The van der Waals surface area contributed by atoms with Crippen LogP contribution in [0.25, 0.3) is 0 Å². The smallest absolute Gasteiger partial charge is 0.126 e. The van der Waals surface area contributed by atoms with Gasteiger partial charge in [-0.1, -0.05) is 6.92 Å². The summed E-state index contributed by atoms with van der Waals surface area (Å²) in [6.45, 7) is 4.81. The van der Waals surface area contributed by atoms with E-state index in [2.05, 4.69) is 12.2 Å². The fraction of sp³-hybridized carbons (Fsp3) is 0.375. The summed E-state index contributed by atoms with van der Waals surface area (Å²) < 4.78 is 31.9. The Labute approximate surface area is 117 Å². The zero-order chi connectivity index (χ0) is 14.5. The second kappa shape index (κ2) is 6.66. The van der Waals surface area contributed by atoms with Gasteiger partial charge in [0.15, 0.2) is 0 Å². The van der Waals surface area contributed by atoms with Crippen molar-refractivity contribution in [2.24, 2.45) is 0 Å². The number of aryl methyl sites for hydroxylation is 1. The lowest BCUT2D eigenvalue weighted by Crippen LogP contribution is -2.24. The molecule has 0 saturated heterocycles. The van der Waals surface area contributed by atoms with Crippen LogP contribution >= 0.6 is 0 Å². The molecule has 0 amide bonds. The highest BCUT2D eigenvalue weighted by molar-refractivity contribution is 5.25. The first-order valence-corrected chi connectivity index (χ1v) is 6.82. The first kappa shape index (κ1) is 14.7. The van der Waals surface area contributed by atoms with Gasteiger partial charge >= 0.3 is 0 Å². The van der Waals surface area contributed by atoms with Gasteiger partial charge in [-0.25, -0.2) is 8.78 Å². The molecule has 0 bridgehead atoms. The second-order valence-corrected chi connectivity index (χ2v) is 4.92. The van der Waals surface area contributed by atoms with Gasteiger partial charge in [-0.2, -0.15) is 0 Å². The maximum atomic E-state index is 13.3. The van der Waals surface area contributed by atoms with Crippen LogP contribution in [-0.2, 0) is 6.42 Å². The third kappa shape index (κ3) is 3.67. The molecule has 4 heteroatoms. The van der Waals surface area contributed by atoms with Crippen LogP contribution in [0.2, 0.25) is 0 Å². The Bertz CT molecular complexity index is 545. The van der Waals surface area contributed by atoms with Crippen molar-refractivity contribution in [3.63, 3.8) is 0 Å². The third-order valence-electron chi connectivity index (χ3n) is 3.28. The molecule has 1 heterocycles. The Balaban J connectivity index is 2.21. The molecule has 1 atom stereocenters. The van der Waals surface area contributed by atoms with E-state index < -0.39 is 11.6 Å². The van der Waals surface area contributed by atoms with Crippen LogP contribution in [0.15, 0.2) is 34.9 Å². The lowest BCUT2D eigenvalue weighted by atomic mass is 9.99. The number of hydrogen-bond donors (Lipinski definition) is 1. The van der Waals surface area contributed by atoms with Crippen LogP contribution in [0.4, 0.5) is 8.78 Å². The first-order chi connectivity index (χ1) is 9.60. The molecule has 1 N–H and O–H groups in total. The number of nitrogens with one attached hydrogen (secondary N) is 1. The molecule has 1 unspecified atom stereocenters. The monoisotopic (exact) mass is 279 g/mol. The van der Waals surface area contributed by atoms with Crippen LogP contribution in [0.5, 0.6) is 0 Å². The fourth-order valence-electron chi connectivity index (χ4n) is 2.33. The summed E-state index contributed by atoms with van der Waals surface area (Å²) in [7, 11) is 0. The predicted octanol–water partition coefficient (Wildman–Crippen LogP) is 4.15. The summed E-state index contributed by atoms with van der Waals surface area (Å²) in [6, 6.07) is 5.53. The SMILES string of the molecule is CCCNC(Cc1cc(F)cc(F)c1)c1ccoc1C. The largest absolute Gasteiger partial charge is 0.469 e. The van der Waals surface area contributed by atoms with Crippen molar-refractivity contribution in [2.75, 3.05) is 6.54 Å². The van der Waals surface area contributed by atoms with Crippen molar-refractivity contribution in [3.8, 4) is 0 Å². The minimum Gasteiger partial charge on any atom is -0.469 e. The van der Waals surface area contributed by atoms with E-state index in [-0.39, 0.29) is 6.04 Å². The molecule has 0 fully saturated rings.